The number of nitrogens with two attached hydrogens (primary N) is 1. The molecular weight excluding hydrogens is 356 g/mol. The Hall–Kier alpha value is -2.41. The molecule has 7 heteroatoms. The molecule has 28 heavy (non-hydrogen) atoms. The maximum atomic E-state index is 13.2. The predicted octanol–water partition coefficient (Wildman–Crippen LogP) is 1.82. The summed E-state index contributed by atoms with van der Waals surface area (Å²) in [5.41, 5.74) is 5.68. The van der Waals surface area contributed by atoms with Crippen molar-refractivity contribution in [3.8, 4) is 0 Å². The molecule has 1 spiro atoms. The third kappa shape index (κ3) is 4.04. The van der Waals surface area contributed by atoms with E-state index in [1.165, 1.54) is 5.56 Å². The van der Waals surface area contributed by atoms with Gasteiger partial charge in [-0.25, -0.2) is 4.79 Å². The first-order valence-corrected chi connectivity index (χ1v) is 10.0. The number of nitrogens with zero attached hydrogens (tertiary/aromatic N) is 3. The van der Waals surface area contributed by atoms with Gasteiger partial charge in [-0.05, 0) is 30.7 Å². The van der Waals surface area contributed by atoms with Gasteiger partial charge in [0.05, 0.1) is 0 Å². The largest absolute Gasteiger partial charge is 0.368 e. The Kier molecular flexibility index (Phi) is 6.03. The lowest BCUT2D eigenvalue weighted by atomic mass is 9.85. The molecule has 0 unspecified atom stereocenters. The molecule has 2 N–H and O–H groups in total. The Balaban J connectivity index is 1.75. The molecule has 2 aliphatic heterocycles. The minimum absolute atomic E-state index is 0.264. The molecule has 0 radical (unpaired) electrons. The summed E-state index contributed by atoms with van der Waals surface area (Å²) in [6.07, 6.45) is 1.98. The summed E-state index contributed by atoms with van der Waals surface area (Å²) < 4.78 is 0. The number of hydrogen-bond donors (Lipinski definition) is 1. The molecule has 3 rings (SSSR count). The number of benzene rings is 1. The van der Waals surface area contributed by atoms with Gasteiger partial charge in [-0.2, -0.15) is 0 Å². The highest BCUT2D eigenvalue weighted by molar-refractivity contribution is 6.09. The van der Waals surface area contributed by atoms with Crippen LogP contribution < -0.4 is 5.73 Å². The van der Waals surface area contributed by atoms with Gasteiger partial charge in [0.25, 0.3) is 5.91 Å². The van der Waals surface area contributed by atoms with Crippen LogP contribution in [0.2, 0.25) is 0 Å². The van der Waals surface area contributed by atoms with Crippen molar-refractivity contribution in [3.05, 3.63) is 35.9 Å². The number of urea groups is 1. The van der Waals surface area contributed by atoms with Crippen molar-refractivity contribution in [2.75, 3.05) is 26.2 Å². The molecule has 2 heterocycles. The number of carbonyl (C=O) groups excluding carboxylic acids is 3. The summed E-state index contributed by atoms with van der Waals surface area (Å²) in [5.74, 6) is -0.508. The second-order valence-corrected chi connectivity index (χ2v) is 8.27. The van der Waals surface area contributed by atoms with Crippen LogP contribution in [-0.2, 0) is 16.1 Å². The van der Waals surface area contributed by atoms with E-state index in [1.54, 1.807) is 4.90 Å². The molecule has 2 saturated heterocycles. The van der Waals surface area contributed by atoms with Crippen LogP contribution in [0.25, 0.3) is 0 Å². The Labute approximate surface area is 166 Å². The zero-order valence-corrected chi connectivity index (χ0v) is 16.8. The minimum atomic E-state index is -0.839. The number of rotatable bonds is 7. The second-order valence-electron chi connectivity index (χ2n) is 8.27. The number of imide groups is 1. The number of amides is 4. The van der Waals surface area contributed by atoms with Crippen molar-refractivity contribution in [2.45, 2.75) is 45.2 Å². The molecule has 7 nitrogen and oxygen atoms in total. The summed E-state index contributed by atoms with van der Waals surface area (Å²) in [4.78, 5) is 42.6. The van der Waals surface area contributed by atoms with Crippen molar-refractivity contribution >= 4 is 17.8 Å². The number of likely N-dealkylation sites (tertiary alicyclic amines) is 1. The number of piperidine rings is 1. The molecular formula is C21H30N4O3. The summed E-state index contributed by atoms with van der Waals surface area (Å²) in [5, 5.41) is 0. The molecule has 0 saturated carbocycles. The van der Waals surface area contributed by atoms with Gasteiger partial charge >= 0.3 is 6.03 Å². The number of hydrogen-bond acceptors (Lipinski definition) is 4. The van der Waals surface area contributed by atoms with Crippen molar-refractivity contribution in [1.29, 1.82) is 0 Å². The average Bonchev–Trinajstić information content (AvgIpc) is 2.84. The van der Waals surface area contributed by atoms with Gasteiger partial charge in [-0.1, -0.05) is 44.2 Å². The highest BCUT2D eigenvalue weighted by atomic mass is 16.2. The molecule has 0 aromatic heterocycles. The van der Waals surface area contributed by atoms with E-state index in [4.69, 9.17) is 5.73 Å². The van der Waals surface area contributed by atoms with Crippen molar-refractivity contribution < 1.29 is 14.4 Å². The zero-order chi connectivity index (χ0) is 20.3. The van der Waals surface area contributed by atoms with Crippen LogP contribution in [0.1, 0.15) is 38.7 Å². The van der Waals surface area contributed by atoms with Gasteiger partial charge in [0.1, 0.15) is 12.1 Å². The van der Waals surface area contributed by atoms with E-state index in [9.17, 15) is 14.4 Å². The molecule has 0 atom stereocenters. The van der Waals surface area contributed by atoms with E-state index in [-0.39, 0.29) is 18.5 Å². The zero-order valence-electron chi connectivity index (χ0n) is 16.8. The van der Waals surface area contributed by atoms with Crippen LogP contribution in [0.4, 0.5) is 4.79 Å². The Morgan fingerprint density at radius 1 is 1.14 bits per heavy atom. The fourth-order valence-corrected chi connectivity index (χ4v) is 4.18. The van der Waals surface area contributed by atoms with E-state index < -0.39 is 11.4 Å². The third-order valence-corrected chi connectivity index (χ3v) is 5.80. The molecule has 2 aliphatic rings. The smallest absolute Gasteiger partial charge is 0.328 e. The SMILES string of the molecule is CC(C)CCN1C(=O)N(CC(N)=O)C(=O)C12CCN(Cc1ccccc1)CC2. The van der Waals surface area contributed by atoms with Gasteiger partial charge < -0.3 is 10.6 Å². The maximum Gasteiger partial charge on any atom is 0.328 e. The maximum absolute atomic E-state index is 13.2. The molecule has 1 aromatic carbocycles. The van der Waals surface area contributed by atoms with Crippen LogP contribution in [0.15, 0.2) is 30.3 Å². The van der Waals surface area contributed by atoms with Gasteiger partial charge in [-0.15, -0.1) is 0 Å². The van der Waals surface area contributed by atoms with E-state index >= 15 is 0 Å². The lowest BCUT2D eigenvalue weighted by Crippen LogP contribution is -2.56. The van der Waals surface area contributed by atoms with Crippen molar-refractivity contribution in [3.63, 3.8) is 0 Å². The first-order valence-electron chi connectivity index (χ1n) is 10.0. The number of carbonyl (C=O) groups is 3. The van der Waals surface area contributed by atoms with Crippen LogP contribution >= 0.6 is 0 Å². The van der Waals surface area contributed by atoms with Crippen LogP contribution in [0.3, 0.4) is 0 Å². The van der Waals surface area contributed by atoms with Crippen LogP contribution in [0.5, 0.6) is 0 Å². The summed E-state index contributed by atoms with van der Waals surface area (Å²) in [6, 6.07) is 9.86. The Morgan fingerprint density at radius 2 is 1.79 bits per heavy atom. The third-order valence-electron chi connectivity index (χ3n) is 5.80. The first-order chi connectivity index (χ1) is 13.3. The fraction of sp³-hybridized carbons (Fsp3) is 0.571. The number of primary amides is 1. The first kappa shape index (κ1) is 20.3. The predicted molar refractivity (Wildman–Crippen MR) is 106 cm³/mol. The van der Waals surface area contributed by atoms with Crippen LogP contribution in [0, 0.1) is 5.92 Å². The average molecular weight is 386 g/mol. The minimum Gasteiger partial charge on any atom is -0.368 e. The summed E-state index contributed by atoms with van der Waals surface area (Å²) >= 11 is 0. The quantitative estimate of drug-likeness (QED) is 0.724. The van der Waals surface area contributed by atoms with E-state index in [0.717, 1.165) is 31.0 Å². The van der Waals surface area contributed by atoms with Gasteiger partial charge in [0.15, 0.2) is 0 Å². The van der Waals surface area contributed by atoms with Crippen molar-refractivity contribution in [1.82, 2.24) is 14.7 Å². The highest BCUT2D eigenvalue weighted by Gasteiger charge is 2.57. The molecule has 4 amide bonds. The monoisotopic (exact) mass is 386 g/mol. The van der Waals surface area contributed by atoms with Gasteiger partial charge in [0, 0.05) is 26.2 Å². The fourth-order valence-electron chi connectivity index (χ4n) is 4.18. The van der Waals surface area contributed by atoms with Crippen molar-refractivity contribution in [2.24, 2.45) is 11.7 Å². The summed E-state index contributed by atoms with van der Waals surface area (Å²) in [6.45, 7) is 6.67. The van der Waals surface area contributed by atoms with Gasteiger partial charge in [-0.3, -0.25) is 19.4 Å². The van der Waals surface area contributed by atoms with E-state index in [0.29, 0.717) is 25.3 Å². The highest BCUT2D eigenvalue weighted by Crippen LogP contribution is 2.38. The standard InChI is InChI=1S/C21H30N4O3/c1-16(2)8-11-25-20(28)24(15-18(22)26)19(27)21(25)9-12-23(13-10-21)14-17-6-4-3-5-7-17/h3-7,16H,8-15H2,1-2H3,(H2,22,26). The Bertz CT molecular complexity index is 726. The molecule has 0 aliphatic carbocycles. The molecule has 1 aromatic rings. The Morgan fingerprint density at radius 3 is 2.36 bits per heavy atom. The lowest BCUT2D eigenvalue weighted by molar-refractivity contribution is -0.137. The normalized spacial score (nSPS) is 19.8. The van der Waals surface area contributed by atoms with E-state index in [2.05, 4.69) is 30.9 Å². The second kappa shape index (κ2) is 8.31. The molecule has 152 valence electrons. The lowest BCUT2D eigenvalue weighted by Gasteiger charge is -2.42. The van der Waals surface area contributed by atoms with E-state index in [1.807, 2.05) is 18.2 Å². The summed E-state index contributed by atoms with van der Waals surface area (Å²) in [7, 11) is 0. The topological polar surface area (TPSA) is 87.0 Å². The molecule has 2 fully saturated rings. The van der Waals surface area contributed by atoms with Crippen LogP contribution in [-0.4, -0.2) is 64.3 Å². The molecule has 0 bridgehead atoms. The van der Waals surface area contributed by atoms with Gasteiger partial charge in [0.2, 0.25) is 5.91 Å².